The van der Waals surface area contributed by atoms with Crippen LogP contribution in [0.25, 0.3) is 21.6 Å². The number of hydrogen-bond donors (Lipinski definition) is 0. The van der Waals surface area contributed by atoms with Crippen LogP contribution in [0.4, 0.5) is 0 Å². The third-order valence-corrected chi connectivity index (χ3v) is 3.97. The summed E-state index contributed by atoms with van der Waals surface area (Å²) in [5.41, 5.74) is 4.42. The lowest BCUT2D eigenvalue weighted by atomic mass is 10.1. The molecule has 3 aromatic rings. The summed E-state index contributed by atoms with van der Waals surface area (Å²) < 4.78 is 0. The zero-order chi connectivity index (χ0) is 12.5. The van der Waals surface area contributed by atoms with Crippen molar-refractivity contribution < 1.29 is 0 Å². The minimum atomic E-state index is 0.975. The van der Waals surface area contributed by atoms with Gasteiger partial charge in [-0.05, 0) is 31.0 Å². The third kappa shape index (κ3) is 1.91. The van der Waals surface area contributed by atoms with Gasteiger partial charge in [0.15, 0.2) is 0 Å². The fraction of sp³-hybridized carbons (Fsp3) is 0.200. The predicted molar refractivity (Wildman–Crippen MR) is 77.0 cm³/mol. The molecule has 0 amide bonds. The molecule has 0 aliphatic carbocycles. The van der Waals surface area contributed by atoms with Crippen LogP contribution in [0.2, 0.25) is 0 Å². The Morgan fingerprint density at radius 1 is 1.17 bits per heavy atom. The molecule has 0 aliphatic heterocycles. The Balaban J connectivity index is 2.18. The van der Waals surface area contributed by atoms with E-state index in [1.807, 2.05) is 6.07 Å². The van der Waals surface area contributed by atoms with Gasteiger partial charge in [-0.15, -0.1) is 11.3 Å². The smallest absolute Gasteiger partial charge is 0.142 e. The molecule has 2 nitrogen and oxygen atoms in total. The SMILES string of the molecule is CCc1csc(-c2cc(C)c3ccccc3n2)n1. The Kier molecular flexibility index (Phi) is 2.84. The summed E-state index contributed by atoms with van der Waals surface area (Å²) in [5, 5.41) is 4.34. The van der Waals surface area contributed by atoms with Crippen LogP contribution in [-0.2, 0) is 6.42 Å². The van der Waals surface area contributed by atoms with Crippen molar-refractivity contribution >= 4 is 22.2 Å². The second kappa shape index (κ2) is 4.50. The summed E-state index contributed by atoms with van der Waals surface area (Å²) in [6.07, 6.45) is 0.975. The molecule has 0 fully saturated rings. The summed E-state index contributed by atoms with van der Waals surface area (Å²) in [5.74, 6) is 0. The number of para-hydroxylation sites is 1. The molecule has 2 heterocycles. The highest BCUT2D eigenvalue weighted by molar-refractivity contribution is 7.13. The number of aromatic nitrogens is 2. The quantitative estimate of drug-likeness (QED) is 0.684. The van der Waals surface area contributed by atoms with E-state index in [0.29, 0.717) is 0 Å². The molecule has 0 saturated heterocycles. The lowest BCUT2D eigenvalue weighted by Gasteiger charge is -2.04. The van der Waals surface area contributed by atoms with Gasteiger partial charge >= 0.3 is 0 Å². The van der Waals surface area contributed by atoms with Crippen LogP contribution in [0.3, 0.4) is 0 Å². The van der Waals surface area contributed by atoms with Crippen molar-refractivity contribution in [2.75, 3.05) is 0 Å². The maximum absolute atomic E-state index is 4.70. The molecule has 2 aromatic heterocycles. The fourth-order valence-corrected chi connectivity index (χ4v) is 2.91. The van der Waals surface area contributed by atoms with Crippen LogP contribution in [-0.4, -0.2) is 9.97 Å². The van der Waals surface area contributed by atoms with Crippen molar-refractivity contribution in [2.24, 2.45) is 0 Å². The molecule has 0 spiro atoms. The summed E-state index contributed by atoms with van der Waals surface area (Å²) in [7, 11) is 0. The number of nitrogens with zero attached hydrogens (tertiary/aromatic N) is 2. The molecule has 3 rings (SSSR count). The van der Waals surface area contributed by atoms with Gasteiger partial charge in [0.25, 0.3) is 0 Å². The normalized spacial score (nSPS) is 11.0. The van der Waals surface area contributed by atoms with Crippen LogP contribution in [0.1, 0.15) is 18.2 Å². The summed E-state index contributed by atoms with van der Waals surface area (Å²) in [4.78, 5) is 9.30. The van der Waals surface area contributed by atoms with Crippen LogP contribution in [0, 0.1) is 6.92 Å². The predicted octanol–water partition coefficient (Wildman–Crippen LogP) is 4.23. The van der Waals surface area contributed by atoms with Gasteiger partial charge in [-0.3, -0.25) is 0 Å². The minimum Gasteiger partial charge on any atom is -0.245 e. The highest BCUT2D eigenvalue weighted by atomic mass is 32.1. The molecule has 1 aromatic carbocycles. The highest BCUT2D eigenvalue weighted by Crippen LogP contribution is 2.26. The second-order valence-electron chi connectivity index (χ2n) is 4.34. The Morgan fingerprint density at radius 2 is 2.00 bits per heavy atom. The molecule has 90 valence electrons. The molecular formula is C15H14N2S. The lowest BCUT2D eigenvalue weighted by molar-refractivity contribution is 1.06. The monoisotopic (exact) mass is 254 g/mol. The van der Waals surface area contributed by atoms with Gasteiger partial charge < -0.3 is 0 Å². The maximum atomic E-state index is 4.70. The van der Waals surface area contributed by atoms with Crippen molar-refractivity contribution in [3.8, 4) is 10.7 Å². The van der Waals surface area contributed by atoms with E-state index in [4.69, 9.17) is 4.98 Å². The Hall–Kier alpha value is -1.74. The largest absolute Gasteiger partial charge is 0.245 e. The first-order chi connectivity index (χ1) is 8.78. The van der Waals surface area contributed by atoms with Gasteiger partial charge in [0.05, 0.1) is 16.9 Å². The third-order valence-electron chi connectivity index (χ3n) is 3.06. The number of fused-ring (bicyclic) bond motifs is 1. The molecule has 0 aliphatic rings. The Morgan fingerprint density at radius 3 is 2.78 bits per heavy atom. The summed E-state index contributed by atoms with van der Waals surface area (Å²) in [6.45, 7) is 4.25. The number of pyridine rings is 1. The van der Waals surface area contributed by atoms with Crippen LogP contribution in [0.15, 0.2) is 35.7 Å². The van der Waals surface area contributed by atoms with E-state index in [1.165, 1.54) is 10.9 Å². The van der Waals surface area contributed by atoms with Crippen LogP contribution in [0.5, 0.6) is 0 Å². The van der Waals surface area contributed by atoms with Crippen molar-refractivity contribution in [3.63, 3.8) is 0 Å². The van der Waals surface area contributed by atoms with E-state index >= 15 is 0 Å². The van der Waals surface area contributed by atoms with E-state index in [2.05, 4.69) is 48.5 Å². The fourth-order valence-electron chi connectivity index (χ4n) is 2.05. The number of benzene rings is 1. The van der Waals surface area contributed by atoms with Gasteiger partial charge in [0.1, 0.15) is 5.01 Å². The molecule has 18 heavy (non-hydrogen) atoms. The van der Waals surface area contributed by atoms with Crippen molar-refractivity contribution in [1.29, 1.82) is 0 Å². The molecule has 0 bridgehead atoms. The number of hydrogen-bond acceptors (Lipinski definition) is 3. The molecular weight excluding hydrogens is 240 g/mol. The van der Waals surface area contributed by atoms with Crippen molar-refractivity contribution in [2.45, 2.75) is 20.3 Å². The van der Waals surface area contributed by atoms with Crippen LogP contribution < -0.4 is 0 Å². The zero-order valence-electron chi connectivity index (χ0n) is 10.5. The van der Waals surface area contributed by atoms with Gasteiger partial charge in [0, 0.05) is 10.8 Å². The standard InChI is InChI=1S/C15H14N2S/c1-3-11-9-18-15(16-11)14-8-10(2)12-6-4-5-7-13(12)17-14/h4-9H,3H2,1-2H3. The average Bonchev–Trinajstić information content (AvgIpc) is 2.87. The molecule has 0 radical (unpaired) electrons. The van der Waals surface area contributed by atoms with Crippen molar-refractivity contribution in [3.05, 3.63) is 47.0 Å². The number of rotatable bonds is 2. The van der Waals surface area contributed by atoms with Gasteiger partial charge in [0.2, 0.25) is 0 Å². The van der Waals surface area contributed by atoms with E-state index < -0.39 is 0 Å². The minimum absolute atomic E-state index is 0.975. The van der Waals surface area contributed by atoms with E-state index in [1.54, 1.807) is 11.3 Å². The molecule has 0 saturated carbocycles. The highest BCUT2D eigenvalue weighted by Gasteiger charge is 2.08. The van der Waals surface area contributed by atoms with Gasteiger partial charge in [-0.2, -0.15) is 0 Å². The molecule has 0 atom stereocenters. The molecule has 0 N–H and O–H groups in total. The number of aryl methyl sites for hydroxylation is 2. The Bertz CT molecular complexity index is 701. The summed E-state index contributed by atoms with van der Waals surface area (Å²) >= 11 is 1.67. The second-order valence-corrected chi connectivity index (χ2v) is 5.20. The zero-order valence-corrected chi connectivity index (χ0v) is 11.3. The number of thiazole rings is 1. The average molecular weight is 254 g/mol. The topological polar surface area (TPSA) is 25.8 Å². The van der Waals surface area contributed by atoms with Gasteiger partial charge in [-0.25, -0.2) is 9.97 Å². The van der Waals surface area contributed by atoms with E-state index in [9.17, 15) is 0 Å². The van der Waals surface area contributed by atoms with E-state index in [-0.39, 0.29) is 0 Å². The molecule has 0 unspecified atom stereocenters. The van der Waals surface area contributed by atoms with Crippen LogP contribution >= 0.6 is 11.3 Å². The first kappa shape index (κ1) is 11.4. The molecule has 3 heteroatoms. The van der Waals surface area contributed by atoms with Gasteiger partial charge in [-0.1, -0.05) is 25.1 Å². The first-order valence-electron chi connectivity index (χ1n) is 6.09. The maximum Gasteiger partial charge on any atom is 0.142 e. The lowest BCUT2D eigenvalue weighted by Crippen LogP contribution is -1.88. The van der Waals surface area contributed by atoms with Crippen molar-refractivity contribution in [1.82, 2.24) is 9.97 Å². The first-order valence-corrected chi connectivity index (χ1v) is 6.97. The summed E-state index contributed by atoms with van der Waals surface area (Å²) in [6, 6.07) is 10.4. The Labute approximate surface area is 110 Å². The van der Waals surface area contributed by atoms with E-state index in [0.717, 1.165) is 28.3 Å².